The summed E-state index contributed by atoms with van der Waals surface area (Å²) in [5.74, 6) is 0.432. The Bertz CT molecular complexity index is 533. The molecule has 1 aromatic rings. The van der Waals surface area contributed by atoms with Gasteiger partial charge in [0.15, 0.2) is 0 Å². The molecule has 0 aliphatic rings. The standard InChI is InChI=1S/C13H22NO4PS/c1-6-17-19(15,14-10(2)3)18-12-7-8-13(20(5)16)11(4)9-12/h7-10H,6H2,1-5H3,(H,14,15). The van der Waals surface area contributed by atoms with Gasteiger partial charge in [0, 0.05) is 17.2 Å². The van der Waals surface area contributed by atoms with Crippen molar-refractivity contribution in [1.82, 2.24) is 5.09 Å². The molecule has 0 fully saturated rings. The van der Waals surface area contributed by atoms with E-state index in [-0.39, 0.29) is 12.6 Å². The lowest BCUT2D eigenvalue weighted by atomic mass is 10.2. The van der Waals surface area contributed by atoms with Gasteiger partial charge < -0.3 is 4.52 Å². The maximum atomic E-state index is 12.5. The molecule has 1 N–H and O–H groups in total. The van der Waals surface area contributed by atoms with Crippen LogP contribution < -0.4 is 9.61 Å². The Morgan fingerprint density at radius 2 is 2.05 bits per heavy atom. The van der Waals surface area contributed by atoms with E-state index in [1.165, 1.54) is 0 Å². The molecule has 5 nitrogen and oxygen atoms in total. The summed E-state index contributed by atoms with van der Waals surface area (Å²) in [5, 5.41) is 2.81. The van der Waals surface area contributed by atoms with Crippen LogP contribution in [0.25, 0.3) is 0 Å². The minimum absolute atomic E-state index is 0.0316. The topological polar surface area (TPSA) is 64.6 Å². The van der Waals surface area contributed by atoms with Crippen LogP contribution in [-0.2, 0) is 19.9 Å². The summed E-state index contributed by atoms with van der Waals surface area (Å²) in [6.45, 7) is 7.61. The SMILES string of the molecule is CCOP(=O)(NC(C)C)Oc1ccc(S(C)=O)c(C)c1. The van der Waals surface area contributed by atoms with Crippen LogP contribution in [0.1, 0.15) is 26.3 Å². The number of rotatable bonds is 7. The van der Waals surface area contributed by atoms with Gasteiger partial charge in [-0.05, 0) is 51.5 Å². The number of benzene rings is 1. The van der Waals surface area contributed by atoms with E-state index >= 15 is 0 Å². The third-order valence-corrected chi connectivity index (χ3v) is 5.36. The fourth-order valence-electron chi connectivity index (χ4n) is 1.72. The van der Waals surface area contributed by atoms with E-state index in [9.17, 15) is 8.77 Å². The second-order valence-electron chi connectivity index (χ2n) is 4.67. The minimum Gasteiger partial charge on any atom is -0.413 e. The molecule has 0 aromatic heterocycles. The van der Waals surface area contributed by atoms with Gasteiger partial charge in [-0.15, -0.1) is 0 Å². The monoisotopic (exact) mass is 319 g/mol. The van der Waals surface area contributed by atoms with Gasteiger partial charge in [0.05, 0.1) is 17.4 Å². The van der Waals surface area contributed by atoms with Gasteiger partial charge >= 0.3 is 7.75 Å². The number of nitrogens with one attached hydrogen (secondary N) is 1. The molecular formula is C13H22NO4PS. The zero-order chi connectivity index (χ0) is 15.3. The van der Waals surface area contributed by atoms with Gasteiger partial charge in [0.2, 0.25) is 0 Å². The van der Waals surface area contributed by atoms with Crippen LogP contribution in [0.2, 0.25) is 0 Å². The molecule has 2 unspecified atom stereocenters. The summed E-state index contributed by atoms with van der Waals surface area (Å²) >= 11 is 0. The summed E-state index contributed by atoms with van der Waals surface area (Å²) in [6.07, 6.45) is 1.62. The molecule has 20 heavy (non-hydrogen) atoms. The fraction of sp³-hybridized carbons (Fsp3) is 0.538. The summed E-state index contributed by atoms with van der Waals surface area (Å²) < 4.78 is 34.7. The van der Waals surface area contributed by atoms with Crippen molar-refractivity contribution in [3.05, 3.63) is 23.8 Å². The second kappa shape index (κ2) is 7.36. The third-order valence-electron chi connectivity index (χ3n) is 2.40. The van der Waals surface area contributed by atoms with Crippen LogP contribution in [0.3, 0.4) is 0 Å². The molecule has 0 amide bonds. The molecule has 2 atom stereocenters. The Balaban J connectivity index is 2.97. The lowest BCUT2D eigenvalue weighted by Crippen LogP contribution is -2.23. The van der Waals surface area contributed by atoms with Gasteiger partial charge in [-0.25, -0.2) is 9.65 Å². The van der Waals surface area contributed by atoms with Crippen molar-refractivity contribution in [3.63, 3.8) is 0 Å². The molecule has 1 rings (SSSR count). The number of hydrogen-bond acceptors (Lipinski definition) is 4. The van der Waals surface area contributed by atoms with Crippen LogP contribution in [0.15, 0.2) is 23.1 Å². The highest BCUT2D eigenvalue weighted by Gasteiger charge is 2.27. The van der Waals surface area contributed by atoms with Gasteiger partial charge in [-0.2, -0.15) is 0 Å². The molecule has 0 bridgehead atoms. The molecule has 0 saturated heterocycles. The fourth-order valence-corrected chi connectivity index (χ4v) is 4.03. The third kappa shape index (κ3) is 5.02. The number of hydrogen-bond donors (Lipinski definition) is 1. The van der Waals surface area contributed by atoms with E-state index in [2.05, 4.69) is 5.09 Å². The molecule has 0 heterocycles. The zero-order valence-electron chi connectivity index (χ0n) is 12.5. The van der Waals surface area contributed by atoms with Crippen molar-refractivity contribution >= 4 is 18.5 Å². The zero-order valence-corrected chi connectivity index (χ0v) is 14.2. The predicted octanol–water partition coefficient (Wildman–Crippen LogP) is 3.25. The normalized spacial score (nSPS) is 15.9. The van der Waals surface area contributed by atoms with Gasteiger partial charge in [-0.1, -0.05) is 0 Å². The lowest BCUT2D eigenvalue weighted by molar-refractivity contribution is 0.265. The van der Waals surface area contributed by atoms with E-state index < -0.39 is 18.5 Å². The molecule has 114 valence electrons. The molecular weight excluding hydrogens is 297 g/mol. The summed E-state index contributed by atoms with van der Waals surface area (Å²) in [6, 6.07) is 5.05. The highest BCUT2D eigenvalue weighted by atomic mass is 32.2. The molecule has 0 radical (unpaired) electrons. The second-order valence-corrected chi connectivity index (χ2v) is 7.71. The van der Waals surface area contributed by atoms with Crippen LogP contribution >= 0.6 is 7.75 Å². The van der Waals surface area contributed by atoms with E-state index in [1.54, 1.807) is 31.4 Å². The van der Waals surface area contributed by atoms with Crippen molar-refractivity contribution in [2.45, 2.75) is 38.6 Å². The average molecular weight is 319 g/mol. The van der Waals surface area contributed by atoms with E-state index in [4.69, 9.17) is 9.05 Å². The largest absolute Gasteiger partial charge is 0.458 e. The Hall–Kier alpha value is -0.680. The van der Waals surface area contributed by atoms with E-state index in [0.29, 0.717) is 5.75 Å². The molecule has 0 aliphatic carbocycles. The first kappa shape index (κ1) is 17.4. The molecule has 0 saturated carbocycles. The Kier molecular flexibility index (Phi) is 6.40. The predicted molar refractivity (Wildman–Crippen MR) is 81.6 cm³/mol. The lowest BCUT2D eigenvalue weighted by Gasteiger charge is -2.21. The first-order valence-electron chi connectivity index (χ1n) is 6.43. The van der Waals surface area contributed by atoms with Crippen molar-refractivity contribution in [2.24, 2.45) is 0 Å². The molecule has 1 aromatic carbocycles. The van der Waals surface area contributed by atoms with E-state index in [1.807, 2.05) is 20.8 Å². The first-order valence-corrected chi connectivity index (χ1v) is 9.53. The maximum Gasteiger partial charge on any atom is 0.458 e. The molecule has 7 heteroatoms. The summed E-state index contributed by atoms with van der Waals surface area (Å²) in [4.78, 5) is 0.736. The first-order chi connectivity index (χ1) is 9.27. The maximum absolute atomic E-state index is 12.5. The van der Waals surface area contributed by atoms with Gasteiger partial charge in [0.25, 0.3) is 0 Å². The Morgan fingerprint density at radius 1 is 1.40 bits per heavy atom. The Labute approximate surface area is 123 Å². The van der Waals surface area contributed by atoms with Crippen LogP contribution in [0.4, 0.5) is 0 Å². The van der Waals surface area contributed by atoms with Crippen molar-refractivity contribution in [1.29, 1.82) is 0 Å². The highest BCUT2D eigenvalue weighted by Crippen LogP contribution is 2.44. The smallest absolute Gasteiger partial charge is 0.413 e. The Morgan fingerprint density at radius 3 is 2.50 bits per heavy atom. The number of aryl methyl sites for hydroxylation is 1. The van der Waals surface area contributed by atoms with Crippen LogP contribution in [0.5, 0.6) is 5.75 Å². The quantitative estimate of drug-likeness (QED) is 0.782. The highest BCUT2D eigenvalue weighted by molar-refractivity contribution is 7.84. The van der Waals surface area contributed by atoms with Gasteiger partial charge in [0.1, 0.15) is 5.75 Å². The average Bonchev–Trinajstić information content (AvgIpc) is 2.26. The summed E-state index contributed by atoms with van der Waals surface area (Å²) in [7, 11) is -4.44. The van der Waals surface area contributed by atoms with Crippen LogP contribution in [0, 0.1) is 6.92 Å². The van der Waals surface area contributed by atoms with Crippen molar-refractivity contribution < 1.29 is 17.8 Å². The summed E-state index contributed by atoms with van der Waals surface area (Å²) in [5.41, 5.74) is 0.830. The van der Waals surface area contributed by atoms with Crippen molar-refractivity contribution in [2.75, 3.05) is 12.9 Å². The van der Waals surface area contributed by atoms with E-state index in [0.717, 1.165) is 10.5 Å². The molecule has 0 aliphatic heterocycles. The van der Waals surface area contributed by atoms with Gasteiger partial charge in [-0.3, -0.25) is 8.73 Å². The van der Waals surface area contributed by atoms with Crippen molar-refractivity contribution in [3.8, 4) is 5.75 Å². The van der Waals surface area contributed by atoms with Crippen LogP contribution in [-0.4, -0.2) is 23.1 Å². The minimum atomic E-state index is -3.38. The molecule has 0 spiro atoms.